The number of carbonyl (C=O) groups is 1. The van der Waals surface area contributed by atoms with Crippen LogP contribution < -0.4 is 5.32 Å². The molecule has 134 valence electrons. The summed E-state index contributed by atoms with van der Waals surface area (Å²) in [6.07, 6.45) is -2.21. The average Bonchev–Trinajstić information content (AvgIpc) is 2.71. The molecule has 2 atom stereocenters. The SMILES string of the molecule is O=C(O)N[C@@H](c1cccc(C#Cc2ccccc2)c1)[C@H](O)c1ccccc1. The standard InChI is InChI=1S/C23H19NO3/c25-22(19-11-5-2-6-12-19)21(24-23(26)27)20-13-7-10-18(16-20)15-14-17-8-3-1-4-9-17/h1-13,16,21-22,24-25H,(H,26,27)/t21-,22+/m0/s1. The van der Waals surface area contributed by atoms with Crippen LogP contribution in [0, 0.1) is 11.8 Å². The minimum atomic E-state index is -1.20. The van der Waals surface area contributed by atoms with Crippen molar-refractivity contribution in [3.8, 4) is 11.8 Å². The second-order valence-corrected chi connectivity index (χ2v) is 6.02. The molecule has 0 aliphatic carbocycles. The van der Waals surface area contributed by atoms with Gasteiger partial charge in [0.1, 0.15) is 6.10 Å². The van der Waals surface area contributed by atoms with Crippen LogP contribution in [0.15, 0.2) is 84.9 Å². The summed E-state index contributed by atoms with van der Waals surface area (Å²) in [5.74, 6) is 6.16. The van der Waals surface area contributed by atoms with Crippen LogP contribution in [0.2, 0.25) is 0 Å². The average molecular weight is 357 g/mol. The number of benzene rings is 3. The van der Waals surface area contributed by atoms with E-state index in [-0.39, 0.29) is 0 Å². The monoisotopic (exact) mass is 357 g/mol. The first kappa shape index (κ1) is 18.2. The van der Waals surface area contributed by atoms with E-state index in [0.717, 1.165) is 11.1 Å². The molecule has 4 heteroatoms. The fourth-order valence-corrected chi connectivity index (χ4v) is 2.80. The van der Waals surface area contributed by atoms with E-state index < -0.39 is 18.2 Å². The fraction of sp³-hybridized carbons (Fsp3) is 0.0870. The van der Waals surface area contributed by atoms with Crippen LogP contribution in [0.1, 0.15) is 34.4 Å². The van der Waals surface area contributed by atoms with Gasteiger partial charge in [0.05, 0.1) is 6.04 Å². The van der Waals surface area contributed by atoms with Gasteiger partial charge in [0.25, 0.3) is 0 Å². The molecule has 3 N–H and O–H groups in total. The smallest absolute Gasteiger partial charge is 0.405 e. The first-order valence-electron chi connectivity index (χ1n) is 8.53. The third-order valence-corrected chi connectivity index (χ3v) is 4.11. The van der Waals surface area contributed by atoms with Crippen LogP contribution in [0.4, 0.5) is 4.79 Å². The van der Waals surface area contributed by atoms with E-state index in [1.54, 1.807) is 42.5 Å². The van der Waals surface area contributed by atoms with Gasteiger partial charge in [-0.2, -0.15) is 0 Å². The molecule has 0 aromatic heterocycles. The number of rotatable bonds is 4. The molecule has 0 spiro atoms. The van der Waals surface area contributed by atoms with Crippen molar-refractivity contribution >= 4 is 6.09 Å². The maximum absolute atomic E-state index is 11.3. The molecule has 4 nitrogen and oxygen atoms in total. The molecule has 0 unspecified atom stereocenters. The Morgan fingerprint density at radius 3 is 2.00 bits per heavy atom. The lowest BCUT2D eigenvalue weighted by Gasteiger charge is -2.24. The van der Waals surface area contributed by atoms with Crippen molar-refractivity contribution < 1.29 is 15.0 Å². The summed E-state index contributed by atoms with van der Waals surface area (Å²) in [5, 5.41) is 22.3. The highest BCUT2D eigenvalue weighted by molar-refractivity contribution is 5.65. The van der Waals surface area contributed by atoms with Crippen LogP contribution in [0.25, 0.3) is 0 Å². The van der Waals surface area contributed by atoms with Gasteiger partial charge in [0.15, 0.2) is 0 Å². The summed E-state index contributed by atoms with van der Waals surface area (Å²) in [6, 6.07) is 25.0. The second-order valence-electron chi connectivity index (χ2n) is 6.02. The highest BCUT2D eigenvalue weighted by Crippen LogP contribution is 2.29. The largest absolute Gasteiger partial charge is 0.465 e. The van der Waals surface area contributed by atoms with Gasteiger partial charge in [0.2, 0.25) is 0 Å². The third kappa shape index (κ3) is 4.97. The number of hydrogen-bond donors (Lipinski definition) is 3. The Morgan fingerprint density at radius 1 is 0.778 bits per heavy atom. The Labute approximate surface area is 158 Å². The summed E-state index contributed by atoms with van der Waals surface area (Å²) in [7, 11) is 0. The van der Waals surface area contributed by atoms with Crippen molar-refractivity contribution in [3.05, 3.63) is 107 Å². The van der Waals surface area contributed by atoms with Gasteiger partial charge in [-0.05, 0) is 35.4 Å². The molecule has 0 bridgehead atoms. The first-order valence-corrected chi connectivity index (χ1v) is 8.53. The fourth-order valence-electron chi connectivity index (χ4n) is 2.80. The van der Waals surface area contributed by atoms with E-state index in [2.05, 4.69) is 17.2 Å². The molecule has 1 amide bonds. The van der Waals surface area contributed by atoms with E-state index in [1.807, 2.05) is 42.5 Å². The molecule has 0 aliphatic heterocycles. The molecule has 0 aliphatic rings. The van der Waals surface area contributed by atoms with Gasteiger partial charge in [-0.15, -0.1) is 0 Å². The highest BCUT2D eigenvalue weighted by atomic mass is 16.4. The quantitative estimate of drug-likeness (QED) is 0.615. The Balaban J connectivity index is 1.91. The Kier molecular flexibility index (Phi) is 5.88. The van der Waals surface area contributed by atoms with Crippen LogP contribution in [0.5, 0.6) is 0 Å². The molecular weight excluding hydrogens is 338 g/mol. The molecular formula is C23H19NO3. The number of carboxylic acid groups (broad SMARTS) is 1. The minimum absolute atomic E-state index is 0.636. The van der Waals surface area contributed by atoms with Crippen molar-refractivity contribution in [3.63, 3.8) is 0 Å². The van der Waals surface area contributed by atoms with Gasteiger partial charge >= 0.3 is 6.09 Å². The van der Waals surface area contributed by atoms with E-state index in [0.29, 0.717) is 11.1 Å². The van der Waals surface area contributed by atoms with E-state index in [1.165, 1.54) is 0 Å². The Morgan fingerprint density at radius 2 is 1.33 bits per heavy atom. The van der Waals surface area contributed by atoms with E-state index in [9.17, 15) is 15.0 Å². The van der Waals surface area contributed by atoms with Gasteiger partial charge in [-0.25, -0.2) is 4.79 Å². The summed E-state index contributed by atoms with van der Waals surface area (Å²) >= 11 is 0. The molecule has 0 fully saturated rings. The predicted molar refractivity (Wildman–Crippen MR) is 104 cm³/mol. The number of hydrogen-bond acceptors (Lipinski definition) is 2. The van der Waals surface area contributed by atoms with Gasteiger partial charge in [-0.3, -0.25) is 0 Å². The first-order chi connectivity index (χ1) is 13.1. The minimum Gasteiger partial charge on any atom is -0.465 e. The lowest BCUT2D eigenvalue weighted by atomic mass is 9.94. The van der Waals surface area contributed by atoms with Gasteiger partial charge in [-0.1, -0.05) is 72.5 Å². The normalized spacial score (nSPS) is 12.3. The van der Waals surface area contributed by atoms with Crippen LogP contribution in [-0.2, 0) is 0 Å². The number of amides is 1. The molecule has 0 saturated carbocycles. The summed E-state index contributed by atoms with van der Waals surface area (Å²) in [5.41, 5.74) is 2.92. The summed E-state index contributed by atoms with van der Waals surface area (Å²) in [6.45, 7) is 0. The van der Waals surface area contributed by atoms with Gasteiger partial charge < -0.3 is 15.5 Å². The van der Waals surface area contributed by atoms with E-state index in [4.69, 9.17) is 0 Å². The summed E-state index contributed by atoms with van der Waals surface area (Å²) in [4.78, 5) is 11.3. The molecule has 3 aromatic carbocycles. The molecule has 0 saturated heterocycles. The van der Waals surface area contributed by atoms with Crippen molar-refractivity contribution in [2.24, 2.45) is 0 Å². The maximum Gasteiger partial charge on any atom is 0.405 e. The van der Waals surface area contributed by atoms with Crippen molar-refractivity contribution in [1.29, 1.82) is 0 Å². The molecule has 3 rings (SSSR count). The lowest BCUT2D eigenvalue weighted by Crippen LogP contribution is -2.31. The zero-order valence-corrected chi connectivity index (χ0v) is 14.5. The number of aliphatic hydroxyl groups is 1. The number of aliphatic hydroxyl groups excluding tert-OH is 1. The summed E-state index contributed by atoms with van der Waals surface area (Å²) < 4.78 is 0. The van der Waals surface area contributed by atoms with Crippen molar-refractivity contribution in [1.82, 2.24) is 5.32 Å². The number of nitrogens with one attached hydrogen (secondary N) is 1. The zero-order valence-electron chi connectivity index (χ0n) is 14.5. The van der Waals surface area contributed by atoms with Crippen LogP contribution in [0.3, 0.4) is 0 Å². The van der Waals surface area contributed by atoms with Crippen LogP contribution >= 0.6 is 0 Å². The van der Waals surface area contributed by atoms with Crippen molar-refractivity contribution in [2.45, 2.75) is 12.1 Å². The maximum atomic E-state index is 11.3. The zero-order chi connectivity index (χ0) is 19.1. The van der Waals surface area contributed by atoms with E-state index >= 15 is 0 Å². The Hall–Kier alpha value is -3.55. The molecule has 3 aromatic rings. The molecule has 0 heterocycles. The predicted octanol–water partition coefficient (Wildman–Crippen LogP) is 4.13. The van der Waals surface area contributed by atoms with Gasteiger partial charge in [0, 0.05) is 11.1 Å². The molecule has 0 radical (unpaired) electrons. The van der Waals surface area contributed by atoms with Crippen LogP contribution in [-0.4, -0.2) is 16.3 Å². The Bertz CT molecular complexity index is 959. The third-order valence-electron chi connectivity index (χ3n) is 4.11. The molecule has 27 heavy (non-hydrogen) atoms. The topological polar surface area (TPSA) is 69.6 Å². The van der Waals surface area contributed by atoms with Crippen molar-refractivity contribution in [2.75, 3.05) is 0 Å². The highest BCUT2D eigenvalue weighted by Gasteiger charge is 2.24. The lowest BCUT2D eigenvalue weighted by molar-refractivity contribution is 0.120. The second kappa shape index (κ2) is 8.70.